The number of hydrogen-bond donors (Lipinski definition) is 0. The first kappa shape index (κ1) is 15.2. The molecule has 2 rings (SSSR count). The van der Waals surface area contributed by atoms with Gasteiger partial charge < -0.3 is 9.64 Å². The fourth-order valence-electron chi connectivity index (χ4n) is 2.28. The lowest BCUT2D eigenvalue weighted by molar-refractivity contribution is -0.387. The molecule has 6 nitrogen and oxygen atoms in total. The van der Waals surface area contributed by atoms with Crippen LogP contribution < -0.4 is 4.74 Å². The number of nitro groups is 1. The third-order valence-electron chi connectivity index (χ3n) is 3.44. The van der Waals surface area contributed by atoms with E-state index in [9.17, 15) is 19.3 Å². The fourth-order valence-corrected chi connectivity index (χ4v) is 2.28. The summed E-state index contributed by atoms with van der Waals surface area (Å²) in [6.45, 7) is 1.25. The van der Waals surface area contributed by atoms with Crippen molar-refractivity contribution in [1.82, 2.24) is 4.90 Å². The van der Waals surface area contributed by atoms with Gasteiger partial charge in [-0.3, -0.25) is 14.9 Å². The third kappa shape index (κ3) is 4.14. The summed E-state index contributed by atoms with van der Waals surface area (Å²) in [6.07, 6.45) is 4.21. The van der Waals surface area contributed by atoms with Gasteiger partial charge in [-0.05, 0) is 18.9 Å². The number of benzene rings is 1. The van der Waals surface area contributed by atoms with Gasteiger partial charge in [0.2, 0.25) is 5.82 Å². The van der Waals surface area contributed by atoms with E-state index in [1.165, 1.54) is 6.07 Å². The van der Waals surface area contributed by atoms with Gasteiger partial charge in [0.25, 0.3) is 5.91 Å². The molecule has 0 radical (unpaired) electrons. The number of nitro benzene ring substituents is 1. The Labute approximate surface area is 121 Å². The van der Waals surface area contributed by atoms with E-state index in [1.54, 1.807) is 4.90 Å². The third-order valence-corrected chi connectivity index (χ3v) is 3.44. The largest absolute Gasteiger partial charge is 0.484 e. The first-order valence-corrected chi connectivity index (χ1v) is 6.92. The Bertz CT molecular complexity index is 528. The molecule has 1 heterocycles. The van der Waals surface area contributed by atoms with Crippen LogP contribution in [0.2, 0.25) is 0 Å². The molecule has 1 amide bonds. The van der Waals surface area contributed by atoms with Crippen LogP contribution in [0.1, 0.15) is 25.7 Å². The lowest BCUT2D eigenvalue weighted by Gasteiger charge is -2.20. The van der Waals surface area contributed by atoms with Gasteiger partial charge in [0.05, 0.1) is 4.92 Å². The van der Waals surface area contributed by atoms with E-state index < -0.39 is 16.4 Å². The highest BCUT2D eigenvalue weighted by Gasteiger charge is 2.17. The van der Waals surface area contributed by atoms with Crippen LogP contribution >= 0.6 is 0 Å². The van der Waals surface area contributed by atoms with Crippen molar-refractivity contribution in [3.05, 3.63) is 34.1 Å². The number of halogens is 1. The first-order valence-electron chi connectivity index (χ1n) is 6.92. The summed E-state index contributed by atoms with van der Waals surface area (Å²) in [4.78, 5) is 23.4. The summed E-state index contributed by atoms with van der Waals surface area (Å²) < 4.78 is 18.6. The molecule has 1 fully saturated rings. The minimum Gasteiger partial charge on any atom is -0.484 e. The predicted octanol–water partition coefficient (Wildman–Crippen LogP) is 2.52. The molecular formula is C14H17FN2O4. The summed E-state index contributed by atoms with van der Waals surface area (Å²) in [5.41, 5.74) is -0.610. The monoisotopic (exact) mass is 296 g/mol. The second kappa shape index (κ2) is 7.01. The van der Waals surface area contributed by atoms with Crippen LogP contribution in [0.3, 0.4) is 0 Å². The van der Waals surface area contributed by atoms with Crippen LogP contribution in [0, 0.1) is 15.9 Å². The van der Waals surface area contributed by atoms with Crippen LogP contribution in [-0.4, -0.2) is 35.4 Å². The van der Waals surface area contributed by atoms with E-state index in [1.807, 2.05) is 0 Å². The normalized spacial score (nSPS) is 15.4. The topological polar surface area (TPSA) is 72.7 Å². The number of ether oxygens (including phenoxy) is 1. The molecule has 7 heteroatoms. The highest BCUT2D eigenvalue weighted by Crippen LogP contribution is 2.22. The van der Waals surface area contributed by atoms with Gasteiger partial charge >= 0.3 is 5.69 Å². The standard InChI is InChI=1S/C14H17FN2O4/c15-12-9-11(5-6-13(12)17(19)20)21-10-14(18)16-7-3-1-2-4-8-16/h5-6,9H,1-4,7-8,10H2. The highest BCUT2D eigenvalue weighted by atomic mass is 19.1. The second-order valence-corrected chi connectivity index (χ2v) is 4.95. The van der Waals surface area contributed by atoms with Crippen LogP contribution in [0.25, 0.3) is 0 Å². The Kier molecular flexibility index (Phi) is 5.08. The van der Waals surface area contributed by atoms with Crippen molar-refractivity contribution in [2.75, 3.05) is 19.7 Å². The lowest BCUT2D eigenvalue weighted by Crippen LogP contribution is -2.35. The number of amides is 1. The second-order valence-electron chi connectivity index (χ2n) is 4.95. The van der Waals surface area contributed by atoms with Crippen molar-refractivity contribution >= 4 is 11.6 Å². The molecule has 0 atom stereocenters. The summed E-state index contributed by atoms with van der Waals surface area (Å²) >= 11 is 0. The molecule has 1 aromatic rings. The van der Waals surface area contributed by atoms with E-state index in [2.05, 4.69) is 0 Å². The molecule has 1 aliphatic heterocycles. The zero-order valence-electron chi connectivity index (χ0n) is 11.6. The Balaban J connectivity index is 1.91. The Hall–Kier alpha value is -2.18. The van der Waals surface area contributed by atoms with Gasteiger partial charge in [0, 0.05) is 25.2 Å². The minimum atomic E-state index is -0.972. The van der Waals surface area contributed by atoms with Gasteiger partial charge in [0.1, 0.15) is 5.75 Å². The molecule has 0 aliphatic carbocycles. The van der Waals surface area contributed by atoms with Crippen molar-refractivity contribution in [3.8, 4) is 5.75 Å². The maximum atomic E-state index is 13.4. The molecule has 0 aromatic heterocycles. The molecule has 21 heavy (non-hydrogen) atoms. The number of carbonyl (C=O) groups excluding carboxylic acids is 1. The van der Waals surface area contributed by atoms with E-state index in [-0.39, 0.29) is 18.3 Å². The molecular weight excluding hydrogens is 279 g/mol. The summed E-state index contributed by atoms with van der Waals surface area (Å²) in [6, 6.07) is 3.24. The van der Waals surface area contributed by atoms with Crippen molar-refractivity contribution in [2.24, 2.45) is 0 Å². The van der Waals surface area contributed by atoms with Crippen LogP contribution in [-0.2, 0) is 4.79 Å². The number of carbonyl (C=O) groups is 1. The zero-order chi connectivity index (χ0) is 15.2. The lowest BCUT2D eigenvalue weighted by atomic mass is 10.2. The average Bonchev–Trinajstić information content (AvgIpc) is 2.73. The van der Waals surface area contributed by atoms with E-state index in [0.717, 1.165) is 50.9 Å². The van der Waals surface area contributed by atoms with E-state index >= 15 is 0 Å². The molecule has 1 aromatic carbocycles. The number of likely N-dealkylation sites (tertiary alicyclic amines) is 1. The summed E-state index contributed by atoms with van der Waals surface area (Å²) in [5.74, 6) is -1.00. The molecule has 1 saturated heterocycles. The molecule has 0 bridgehead atoms. The van der Waals surface area contributed by atoms with Crippen molar-refractivity contribution in [2.45, 2.75) is 25.7 Å². The SMILES string of the molecule is O=C(COc1ccc([N+](=O)[O-])c(F)c1)N1CCCCCC1. The Morgan fingerprint density at radius 1 is 1.29 bits per heavy atom. The first-order chi connectivity index (χ1) is 10.1. The van der Waals surface area contributed by atoms with Gasteiger partial charge in [-0.25, -0.2) is 0 Å². The van der Waals surface area contributed by atoms with Crippen molar-refractivity contribution in [3.63, 3.8) is 0 Å². The van der Waals surface area contributed by atoms with Crippen molar-refractivity contribution in [1.29, 1.82) is 0 Å². The number of rotatable bonds is 4. The molecule has 1 aliphatic rings. The minimum absolute atomic E-state index is 0.112. The fraction of sp³-hybridized carbons (Fsp3) is 0.500. The number of nitrogens with zero attached hydrogens (tertiary/aromatic N) is 2. The summed E-state index contributed by atoms with van der Waals surface area (Å²) in [5, 5.41) is 10.5. The maximum absolute atomic E-state index is 13.4. The van der Waals surface area contributed by atoms with Crippen molar-refractivity contribution < 1.29 is 18.8 Å². The predicted molar refractivity (Wildman–Crippen MR) is 73.6 cm³/mol. The molecule has 0 unspecified atom stereocenters. The summed E-state index contributed by atoms with van der Waals surface area (Å²) in [7, 11) is 0. The smallest absolute Gasteiger partial charge is 0.305 e. The van der Waals surface area contributed by atoms with E-state index in [0.29, 0.717) is 0 Å². The van der Waals surface area contributed by atoms with Gasteiger partial charge in [-0.2, -0.15) is 4.39 Å². The molecule has 114 valence electrons. The molecule has 0 spiro atoms. The molecule has 0 N–H and O–H groups in total. The van der Waals surface area contributed by atoms with Crippen LogP contribution in [0.4, 0.5) is 10.1 Å². The van der Waals surface area contributed by atoms with Crippen LogP contribution in [0.5, 0.6) is 5.75 Å². The van der Waals surface area contributed by atoms with E-state index in [4.69, 9.17) is 4.74 Å². The number of hydrogen-bond acceptors (Lipinski definition) is 4. The Morgan fingerprint density at radius 3 is 2.52 bits per heavy atom. The Morgan fingerprint density at radius 2 is 1.95 bits per heavy atom. The average molecular weight is 296 g/mol. The zero-order valence-corrected chi connectivity index (χ0v) is 11.6. The van der Waals surface area contributed by atoms with Gasteiger partial charge in [-0.15, -0.1) is 0 Å². The quantitative estimate of drug-likeness (QED) is 0.632. The van der Waals surface area contributed by atoms with Gasteiger partial charge in [-0.1, -0.05) is 12.8 Å². The van der Waals surface area contributed by atoms with Crippen LogP contribution in [0.15, 0.2) is 18.2 Å². The highest BCUT2D eigenvalue weighted by molar-refractivity contribution is 5.77. The molecule has 0 saturated carbocycles. The van der Waals surface area contributed by atoms with Gasteiger partial charge in [0.15, 0.2) is 6.61 Å². The maximum Gasteiger partial charge on any atom is 0.305 e.